The molecule has 128 valence electrons. The van der Waals surface area contributed by atoms with Crippen LogP contribution in [0.1, 0.15) is 21.6 Å². The van der Waals surface area contributed by atoms with Crippen molar-refractivity contribution in [1.29, 1.82) is 0 Å². The van der Waals surface area contributed by atoms with Crippen LogP contribution in [0.2, 0.25) is 0 Å². The Hall–Kier alpha value is -2.47. The number of rotatable bonds is 5. The highest BCUT2D eigenvalue weighted by Gasteiger charge is 2.24. The van der Waals surface area contributed by atoms with Gasteiger partial charge in [-0.05, 0) is 23.3 Å². The molecular weight excluding hydrogens is 308 g/mol. The summed E-state index contributed by atoms with van der Waals surface area (Å²) in [5.74, 6) is 0.481. The number of nitrogens with zero attached hydrogens (tertiary/aromatic N) is 1. The largest absolute Gasteiger partial charge is 0.497 e. The van der Waals surface area contributed by atoms with Crippen LogP contribution in [0.3, 0.4) is 0 Å². The molecule has 2 aromatic rings. The Morgan fingerprint density at radius 1 is 1.21 bits per heavy atom. The van der Waals surface area contributed by atoms with Crippen molar-refractivity contribution in [2.75, 3.05) is 45.4 Å². The molecule has 0 aliphatic carbocycles. The van der Waals surface area contributed by atoms with E-state index in [1.165, 1.54) is 7.11 Å². The Balaban J connectivity index is 1.90. The number of H-pyrrole nitrogens is 1. The molecule has 1 saturated heterocycles. The van der Waals surface area contributed by atoms with Gasteiger partial charge in [0.25, 0.3) is 0 Å². The molecule has 0 saturated carbocycles. The lowest BCUT2D eigenvalue weighted by Crippen LogP contribution is -2.37. The average molecular weight is 330 g/mol. The van der Waals surface area contributed by atoms with Crippen LogP contribution in [0.25, 0.3) is 0 Å². The van der Waals surface area contributed by atoms with E-state index >= 15 is 0 Å². The summed E-state index contributed by atoms with van der Waals surface area (Å²) in [5, 5.41) is 0. The second-order valence-electron chi connectivity index (χ2n) is 5.65. The van der Waals surface area contributed by atoms with Crippen molar-refractivity contribution in [1.82, 2.24) is 4.98 Å². The van der Waals surface area contributed by atoms with E-state index in [0.29, 0.717) is 18.9 Å². The molecule has 0 bridgehead atoms. The van der Waals surface area contributed by atoms with Crippen molar-refractivity contribution in [3.63, 3.8) is 0 Å². The molecule has 3 rings (SSSR count). The number of ether oxygens (including phenoxy) is 3. The zero-order chi connectivity index (χ0) is 16.9. The highest BCUT2D eigenvalue weighted by Crippen LogP contribution is 2.29. The lowest BCUT2D eigenvalue weighted by atomic mass is 10.0. The Kier molecular flexibility index (Phi) is 5.05. The fourth-order valence-corrected chi connectivity index (χ4v) is 2.96. The number of carbonyl (C=O) groups excluding carboxylic acids is 1. The smallest absolute Gasteiger partial charge is 0.356 e. The summed E-state index contributed by atoms with van der Waals surface area (Å²) in [5.41, 5.74) is 3.65. The van der Waals surface area contributed by atoms with E-state index in [4.69, 9.17) is 14.2 Å². The quantitative estimate of drug-likeness (QED) is 0.852. The first-order valence-corrected chi connectivity index (χ1v) is 7.97. The molecule has 0 radical (unpaired) electrons. The van der Waals surface area contributed by atoms with Gasteiger partial charge in [-0.3, -0.25) is 0 Å². The summed E-state index contributed by atoms with van der Waals surface area (Å²) < 4.78 is 15.5. The van der Waals surface area contributed by atoms with Crippen LogP contribution in [0.15, 0.2) is 30.5 Å². The van der Waals surface area contributed by atoms with Gasteiger partial charge in [-0.25, -0.2) is 4.79 Å². The third-order valence-corrected chi connectivity index (χ3v) is 4.20. The monoisotopic (exact) mass is 330 g/mol. The van der Waals surface area contributed by atoms with Gasteiger partial charge < -0.3 is 24.1 Å². The summed E-state index contributed by atoms with van der Waals surface area (Å²) in [4.78, 5) is 17.4. The predicted octanol–water partition coefficient (Wildman–Crippen LogP) is 2.24. The first-order chi connectivity index (χ1) is 11.7. The van der Waals surface area contributed by atoms with Gasteiger partial charge in [0.05, 0.1) is 33.1 Å². The van der Waals surface area contributed by atoms with Crippen molar-refractivity contribution in [3.05, 3.63) is 47.3 Å². The van der Waals surface area contributed by atoms with E-state index in [9.17, 15) is 4.79 Å². The normalized spacial score (nSPS) is 14.5. The van der Waals surface area contributed by atoms with Crippen molar-refractivity contribution >= 4 is 11.7 Å². The predicted molar refractivity (Wildman–Crippen MR) is 91.0 cm³/mol. The number of benzene rings is 1. The minimum Gasteiger partial charge on any atom is -0.497 e. The molecule has 24 heavy (non-hydrogen) atoms. The first-order valence-electron chi connectivity index (χ1n) is 7.97. The molecule has 0 spiro atoms. The Labute approximate surface area is 141 Å². The summed E-state index contributed by atoms with van der Waals surface area (Å²) in [6, 6.07) is 7.95. The number of esters is 1. The van der Waals surface area contributed by atoms with E-state index in [2.05, 4.69) is 9.88 Å². The fraction of sp³-hybridized carbons (Fsp3) is 0.389. The van der Waals surface area contributed by atoms with Gasteiger partial charge in [0.1, 0.15) is 11.4 Å². The van der Waals surface area contributed by atoms with Crippen LogP contribution in [0.4, 0.5) is 5.69 Å². The third-order valence-electron chi connectivity index (χ3n) is 4.20. The van der Waals surface area contributed by atoms with E-state index in [1.54, 1.807) is 7.11 Å². The summed E-state index contributed by atoms with van der Waals surface area (Å²) in [6.45, 7) is 2.84. The topological polar surface area (TPSA) is 63.8 Å². The summed E-state index contributed by atoms with van der Waals surface area (Å²) >= 11 is 0. The minimum atomic E-state index is -0.350. The molecule has 2 heterocycles. The van der Waals surface area contributed by atoms with Gasteiger partial charge in [-0.2, -0.15) is 0 Å². The average Bonchev–Trinajstić information content (AvgIpc) is 3.06. The lowest BCUT2D eigenvalue weighted by Gasteiger charge is -2.30. The lowest BCUT2D eigenvalue weighted by molar-refractivity contribution is 0.0594. The number of anilines is 1. The second-order valence-corrected chi connectivity index (χ2v) is 5.65. The van der Waals surface area contributed by atoms with Gasteiger partial charge >= 0.3 is 5.97 Å². The number of nitrogens with one attached hydrogen (secondary N) is 1. The summed E-state index contributed by atoms with van der Waals surface area (Å²) in [7, 11) is 3.05. The molecular formula is C18H22N2O4. The third kappa shape index (κ3) is 3.38. The van der Waals surface area contributed by atoms with E-state index in [-0.39, 0.29) is 5.97 Å². The van der Waals surface area contributed by atoms with Crippen molar-refractivity contribution in [3.8, 4) is 5.75 Å². The molecule has 1 aromatic carbocycles. The first kappa shape index (κ1) is 16.4. The van der Waals surface area contributed by atoms with Gasteiger partial charge in [-0.1, -0.05) is 12.1 Å². The Morgan fingerprint density at radius 2 is 1.92 bits per heavy atom. The van der Waals surface area contributed by atoms with Gasteiger partial charge in [0.2, 0.25) is 0 Å². The molecule has 0 unspecified atom stereocenters. The Bertz CT molecular complexity index is 688. The van der Waals surface area contributed by atoms with Crippen LogP contribution in [0.5, 0.6) is 5.75 Å². The zero-order valence-electron chi connectivity index (χ0n) is 14.0. The number of methoxy groups -OCH3 is 2. The SMILES string of the molecule is COC(=O)c1[nH]cc(Cc2ccc(OC)cc2)c1N1CCOCC1. The van der Waals surface area contributed by atoms with Gasteiger partial charge in [0.15, 0.2) is 0 Å². The number of morpholine rings is 1. The van der Waals surface area contributed by atoms with Crippen LogP contribution in [-0.4, -0.2) is 51.5 Å². The maximum atomic E-state index is 12.1. The number of carbonyl (C=O) groups is 1. The van der Waals surface area contributed by atoms with E-state index in [1.807, 2.05) is 30.5 Å². The number of aromatic nitrogens is 1. The van der Waals surface area contributed by atoms with Crippen LogP contribution in [-0.2, 0) is 15.9 Å². The van der Waals surface area contributed by atoms with Gasteiger partial charge in [-0.15, -0.1) is 0 Å². The van der Waals surface area contributed by atoms with Crippen molar-refractivity contribution < 1.29 is 19.0 Å². The van der Waals surface area contributed by atoms with Crippen LogP contribution >= 0.6 is 0 Å². The molecule has 1 aromatic heterocycles. The fourth-order valence-electron chi connectivity index (χ4n) is 2.96. The Morgan fingerprint density at radius 3 is 2.54 bits per heavy atom. The molecule has 6 nitrogen and oxygen atoms in total. The second kappa shape index (κ2) is 7.40. The standard InChI is InChI=1S/C18H22N2O4/c1-22-15-5-3-13(4-6-15)11-14-12-19-16(18(21)23-2)17(14)20-7-9-24-10-8-20/h3-6,12,19H,7-11H2,1-2H3. The molecule has 0 amide bonds. The maximum absolute atomic E-state index is 12.1. The van der Waals surface area contributed by atoms with E-state index < -0.39 is 0 Å². The van der Waals surface area contributed by atoms with Gasteiger partial charge in [0, 0.05) is 25.7 Å². The van der Waals surface area contributed by atoms with Crippen molar-refractivity contribution in [2.45, 2.75) is 6.42 Å². The zero-order valence-corrected chi connectivity index (χ0v) is 14.0. The molecule has 1 fully saturated rings. The molecule has 1 aliphatic rings. The number of hydrogen-bond acceptors (Lipinski definition) is 5. The summed E-state index contributed by atoms with van der Waals surface area (Å²) in [6.07, 6.45) is 2.62. The van der Waals surface area contributed by atoms with Crippen LogP contribution in [0, 0.1) is 0 Å². The molecule has 6 heteroatoms. The molecule has 1 aliphatic heterocycles. The highest BCUT2D eigenvalue weighted by molar-refractivity contribution is 5.95. The number of hydrogen-bond donors (Lipinski definition) is 1. The molecule has 0 atom stereocenters. The maximum Gasteiger partial charge on any atom is 0.356 e. The number of aromatic amines is 1. The van der Waals surface area contributed by atoms with Crippen molar-refractivity contribution in [2.24, 2.45) is 0 Å². The highest BCUT2D eigenvalue weighted by atomic mass is 16.5. The van der Waals surface area contributed by atoms with Crippen LogP contribution < -0.4 is 9.64 Å². The van der Waals surface area contributed by atoms with E-state index in [0.717, 1.165) is 42.1 Å². The molecule has 1 N–H and O–H groups in total. The minimum absolute atomic E-state index is 0.350.